The van der Waals surface area contributed by atoms with Gasteiger partial charge in [-0.15, -0.1) is 0 Å². The summed E-state index contributed by atoms with van der Waals surface area (Å²) in [5, 5.41) is 23.0. The molecular formula is C21H28N8O. The van der Waals surface area contributed by atoms with Crippen LogP contribution in [0, 0.1) is 18.3 Å². The Bertz CT molecular complexity index is 937. The fourth-order valence-corrected chi connectivity index (χ4v) is 5.13. The summed E-state index contributed by atoms with van der Waals surface area (Å²) in [5.74, 6) is 2.74. The molecule has 0 saturated carbocycles. The maximum Gasteiger partial charge on any atom is 0.233 e. The van der Waals surface area contributed by atoms with Crippen LogP contribution in [0.15, 0.2) is 6.07 Å². The number of anilines is 3. The predicted octanol–water partition coefficient (Wildman–Crippen LogP) is 2.90. The molecule has 3 N–H and O–H groups in total. The number of nitrogens with one attached hydrogen (secondary N) is 3. The third-order valence-electron chi connectivity index (χ3n) is 6.43. The van der Waals surface area contributed by atoms with E-state index in [-0.39, 0.29) is 0 Å². The van der Waals surface area contributed by atoms with Crippen molar-refractivity contribution >= 4 is 17.6 Å². The maximum absolute atomic E-state index is 8.95. The second kappa shape index (κ2) is 8.11. The summed E-state index contributed by atoms with van der Waals surface area (Å²) < 4.78 is 5.85. The molecule has 2 saturated heterocycles. The molecule has 2 bridgehead atoms. The van der Waals surface area contributed by atoms with Crippen molar-refractivity contribution < 1.29 is 4.74 Å². The van der Waals surface area contributed by atoms with E-state index < -0.39 is 0 Å². The molecule has 2 aromatic heterocycles. The van der Waals surface area contributed by atoms with E-state index >= 15 is 0 Å². The molecule has 3 aliphatic heterocycles. The minimum atomic E-state index is 0.377. The van der Waals surface area contributed by atoms with Crippen molar-refractivity contribution in [1.82, 2.24) is 25.1 Å². The van der Waals surface area contributed by atoms with Gasteiger partial charge in [-0.25, -0.2) is 0 Å². The number of nitrogens with zero attached hydrogens (tertiary/aromatic N) is 5. The summed E-state index contributed by atoms with van der Waals surface area (Å²) in [6, 6.07) is 5.72. The molecule has 0 aromatic carbocycles. The largest absolute Gasteiger partial charge is 0.477 e. The summed E-state index contributed by atoms with van der Waals surface area (Å²) in [7, 11) is 0. The Hall–Kier alpha value is -2.86. The number of nitriles is 1. The summed E-state index contributed by atoms with van der Waals surface area (Å²) in [6.07, 6.45) is 7.14. The first-order chi connectivity index (χ1) is 14.7. The molecule has 5 heterocycles. The van der Waals surface area contributed by atoms with E-state index in [0.29, 0.717) is 48.8 Å². The van der Waals surface area contributed by atoms with Gasteiger partial charge in [0, 0.05) is 42.9 Å². The van der Waals surface area contributed by atoms with Crippen molar-refractivity contribution in [3.05, 3.63) is 17.3 Å². The quantitative estimate of drug-likeness (QED) is 0.668. The normalized spacial score (nSPS) is 25.3. The third kappa shape index (κ3) is 3.79. The fourth-order valence-electron chi connectivity index (χ4n) is 5.13. The summed E-state index contributed by atoms with van der Waals surface area (Å²) in [5.41, 5.74) is 2.05. The van der Waals surface area contributed by atoms with E-state index in [1.807, 2.05) is 13.0 Å². The van der Waals surface area contributed by atoms with Crippen LogP contribution in [-0.4, -0.2) is 56.3 Å². The number of aromatic nitrogens is 4. The van der Waals surface area contributed by atoms with Crippen LogP contribution < -0.4 is 15.4 Å². The molecule has 0 spiro atoms. The first-order valence-electron chi connectivity index (χ1n) is 10.9. The van der Waals surface area contributed by atoms with Gasteiger partial charge in [0.1, 0.15) is 5.82 Å². The lowest BCUT2D eigenvalue weighted by molar-refractivity contribution is 0.135. The Kier molecular flexibility index (Phi) is 5.17. The Balaban J connectivity index is 1.35. The minimum Gasteiger partial charge on any atom is -0.477 e. The molecule has 158 valence electrons. The Labute approximate surface area is 176 Å². The summed E-state index contributed by atoms with van der Waals surface area (Å²) in [4.78, 5) is 11.9. The molecule has 9 heteroatoms. The standard InChI is InChI=1S/C21H28N8O/c1-13-10-18(28-27-13)24-21-25-19(17-4-2-9-30-20(17)26-21)23-14-11-15-5-6-16(12-14)29(15)8-3-7-22/h10,14-16H,2-6,8-9,11-12H2,1H3,(H3,23,24,25,26,27,28)/t14-,15-,16+. The van der Waals surface area contributed by atoms with Crippen molar-refractivity contribution in [3.63, 3.8) is 0 Å². The lowest BCUT2D eigenvalue weighted by Crippen LogP contribution is -2.47. The summed E-state index contributed by atoms with van der Waals surface area (Å²) >= 11 is 0. The number of hydrogen-bond donors (Lipinski definition) is 3. The number of hydrogen-bond acceptors (Lipinski definition) is 8. The SMILES string of the molecule is Cc1cc(Nc2nc(N[C@@H]3C[C@H]4CC[C@@H](C3)N4CCC#N)c3c(n2)OCCC3)n[nH]1. The minimum absolute atomic E-state index is 0.377. The zero-order valence-corrected chi connectivity index (χ0v) is 17.3. The topological polar surface area (TPSA) is 115 Å². The molecule has 0 unspecified atom stereocenters. The van der Waals surface area contributed by atoms with Gasteiger partial charge >= 0.3 is 0 Å². The van der Waals surface area contributed by atoms with Crippen molar-refractivity contribution in [2.45, 2.75) is 70.0 Å². The van der Waals surface area contributed by atoms with Gasteiger partial charge in [-0.3, -0.25) is 10.00 Å². The molecule has 30 heavy (non-hydrogen) atoms. The van der Waals surface area contributed by atoms with Gasteiger partial charge in [0.2, 0.25) is 11.8 Å². The van der Waals surface area contributed by atoms with E-state index in [2.05, 4.69) is 36.8 Å². The van der Waals surface area contributed by atoms with Gasteiger partial charge in [-0.2, -0.15) is 20.3 Å². The van der Waals surface area contributed by atoms with Gasteiger partial charge in [0.15, 0.2) is 5.82 Å². The number of aryl methyl sites for hydroxylation is 1. The highest BCUT2D eigenvalue weighted by atomic mass is 16.5. The molecule has 2 fully saturated rings. The van der Waals surface area contributed by atoms with Crippen molar-refractivity contribution in [1.29, 1.82) is 5.26 Å². The lowest BCUT2D eigenvalue weighted by Gasteiger charge is -2.39. The lowest BCUT2D eigenvalue weighted by atomic mass is 9.96. The smallest absolute Gasteiger partial charge is 0.233 e. The van der Waals surface area contributed by atoms with Gasteiger partial charge in [-0.05, 0) is 45.4 Å². The van der Waals surface area contributed by atoms with Gasteiger partial charge in [0.05, 0.1) is 18.2 Å². The van der Waals surface area contributed by atoms with Crippen molar-refractivity contribution in [2.24, 2.45) is 0 Å². The molecule has 3 atom stereocenters. The van der Waals surface area contributed by atoms with Crippen LogP contribution in [-0.2, 0) is 6.42 Å². The average molecular weight is 409 g/mol. The Morgan fingerprint density at radius 2 is 2.13 bits per heavy atom. The van der Waals surface area contributed by atoms with Crippen LogP contribution in [0.1, 0.15) is 49.8 Å². The molecule has 2 aromatic rings. The van der Waals surface area contributed by atoms with Crippen LogP contribution >= 0.6 is 0 Å². The van der Waals surface area contributed by atoms with E-state index in [1.54, 1.807) is 0 Å². The van der Waals surface area contributed by atoms with E-state index in [9.17, 15) is 0 Å². The molecule has 5 rings (SSSR count). The molecular weight excluding hydrogens is 380 g/mol. The number of fused-ring (bicyclic) bond motifs is 3. The molecule has 0 aliphatic carbocycles. The van der Waals surface area contributed by atoms with E-state index in [4.69, 9.17) is 15.0 Å². The van der Waals surface area contributed by atoms with Crippen molar-refractivity contribution in [3.8, 4) is 11.9 Å². The second-order valence-electron chi connectivity index (χ2n) is 8.54. The molecule has 0 radical (unpaired) electrons. The molecule has 0 amide bonds. The van der Waals surface area contributed by atoms with Crippen molar-refractivity contribution in [2.75, 3.05) is 23.8 Å². The van der Waals surface area contributed by atoms with E-state index in [1.165, 1.54) is 12.8 Å². The Morgan fingerprint density at radius 1 is 1.30 bits per heavy atom. The highest BCUT2D eigenvalue weighted by Crippen LogP contribution is 2.38. The highest BCUT2D eigenvalue weighted by molar-refractivity contribution is 5.58. The number of H-pyrrole nitrogens is 1. The van der Waals surface area contributed by atoms with Gasteiger partial charge < -0.3 is 15.4 Å². The Morgan fingerprint density at radius 3 is 2.87 bits per heavy atom. The van der Waals surface area contributed by atoms with Crippen LogP contribution in [0.4, 0.5) is 17.6 Å². The summed E-state index contributed by atoms with van der Waals surface area (Å²) in [6.45, 7) is 3.54. The third-order valence-corrected chi connectivity index (χ3v) is 6.43. The number of piperidine rings is 1. The second-order valence-corrected chi connectivity index (χ2v) is 8.54. The zero-order chi connectivity index (χ0) is 20.5. The fraction of sp³-hybridized carbons (Fsp3) is 0.619. The molecule has 9 nitrogen and oxygen atoms in total. The van der Waals surface area contributed by atoms with Gasteiger partial charge in [-0.1, -0.05) is 0 Å². The number of aromatic amines is 1. The average Bonchev–Trinajstić information content (AvgIpc) is 3.25. The molecule has 3 aliphatic rings. The number of rotatable bonds is 6. The van der Waals surface area contributed by atoms with Crippen LogP contribution in [0.25, 0.3) is 0 Å². The number of ether oxygens (including phenoxy) is 1. The first kappa shape index (κ1) is 19.1. The zero-order valence-electron chi connectivity index (χ0n) is 17.3. The van der Waals surface area contributed by atoms with Crippen LogP contribution in [0.3, 0.4) is 0 Å². The highest BCUT2D eigenvalue weighted by Gasteiger charge is 2.40. The first-order valence-corrected chi connectivity index (χ1v) is 10.9. The van der Waals surface area contributed by atoms with Crippen LogP contribution in [0.2, 0.25) is 0 Å². The van der Waals surface area contributed by atoms with Crippen LogP contribution in [0.5, 0.6) is 5.88 Å². The van der Waals surface area contributed by atoms with Gasteiger partial charge in [0.25, 0.3) is 0 Å². The maximum atomic E-state index is 8.95. The predicted molar refractivity (Wildman–Crippen MR) is 113 cm³/mol. The van der Waals surface area contributed by atoms with E-state index in [0.717, 1.165) is 49.3 Å². The monoisotopic (exact) mass is 408 g/mol.